The van der Waals surface area contributed by atoms with Gasteiger partial charge in [-0.1, -0.05) is 0 Å². The number of carbonyl (C=O) groups is 1. The van der Waals surface area contributed by atoms with Crippen LogP contribution in [0.2, 0.25) is 0 Å². The van der Waals surface area contributed by atoms with Crippen LogP contribution in [0.1, 0.15) is 19.2 Å². The minimum Gasteiger partial charge on any atom is -0.302 e. The molecule has 0 spiro atoms. The molecule has 1 amide bonds. The van der Waals surface area contributed by atoms with Gasteiger partial charge in [0, 0.05) is 30.3 Å². The van der Waals surface area contributed by atoms with Crippen molar-refractivity contribution < 1.29 is 4.79 Å². The summed E-state index contributed by atoms with van der Waals surface area (Å²) in [4.78, 5) is 15.6. The monoisotopic (exact) mass is 298 g/mol. The summed E-state index contributed by atoms with van der Waals surface area (Å²) in [5.41, 5.74) is 0. The van der Waals surface area contributed by atoms with Gasteiger partial charge in [-0.05, 0) is 17.4 Å². The summed E-state index contributed by atoms with van der Waals surface area (Å²) in [6, 6.07) is 0. The molecule has 7 nitrogen and oxygen atoms in total. The van der Waals surface area contributed by atoms with Gasteiger partial charge in [-0.25, -0.2) is 9.67 Å². The van der Waals surface area contributed by atoms with Crippen LogP contribution < -0.4 is 5.32 Å². The first-order chi connectivity index (χ1) is 9.29. The number of thioether (sulfide) groups is 1. The lowest BCUT2D eigenvalue weighted by Crippen LogP contribution is -2.12. The largest absolute Gasteiger partial charge is 0.302 e. The van der Waals surface area contributed by atoms with E-state index in [1.54, 1.807) is 22.6 Å². The predicted octanol–water partition coefficient (Wildman–Crippen LogP) is 1.41. The van der Waals surface area contributed by atoms with Gasteiger partial charge in [0.2, 0.25) is 5.91 Å². The van der Waals surface area contributed by atoms with Crippen LogP contribution in [0.3, 0.4) is 0 Å². The van der Waals surface area contributed by atoms with E-state index in [0.717, 1.165) is 18.1 Å². The molecular weight excluding hydrogens is 284 g/mol. The summed E-state index contributed by atoms with van der Waals surface area (Å²) >= 11 is 3.05. The van der Waals surface area contributed by atoms with Crippen molar-refractivity contribution in [3.05, 3.63) is 17.4 Å². The summed E-state index contributed by atoms with van der Waals surface area (Å²) in [6.07, 6.45) is 2.12. The molecule has 0 bridgehead atoms. The van der Waals surface area contributed by atoms with Gasteiger partial charge >= 0.3 is 0 Å². The normalized spacial score (nSPS) is 10.6. The molecule has 0 aliphatic rings. The molecule has 2 rings (SSSR count). The van der Waals surface area contributed by atoms with Gasteiger partial charge in [0.15, 0.2) is 11.0 Å². The number of anilines is 1. The molecule has 0 saturated carbocycles. The highest BCUT2D eigenvalue weighted by Crippen LogP contribution is 2.13. The third kappa shape index (κ3) is 4.28. The predicted molar refractivity (Wildman–Crippen MR) is 75.0 cm³/mol. The highest BCUT2D eigenvalue weighted by molar-refractivity contribution is 7.98. The Morgan fingerprint density at radius 2 is 2.47 bits per heavy atom. The Bertz CT molecular complexity index is 512. The second-order valence-electron chi connectivity index (χ2n) is 3.60. The number of amides is 1. The van der Waals surface area contributed by atoms with Gasteiger partial charge in [-0.2, -0.15) is 11.8 Å². The highest BCUT2D eigenvalue weighted by atomic mass is 32.2. The lowest BCUT2D eigenvalue weighted by molar-refractivity contribution is -0.115. The summed E-state index contributed by atoms with van der Waals surface area (Å²) < 4.78 is 1.75. The van der Waals surface area contributed by atoms with Crippen molar-refractivity contribution in [2.45, 2.75) is 25.6 Å². The van der Waals surface area contributed by atoms with Crippen LogP contribution in [-0.4, -0.2) is 36.9 Å². The van der Waals surface area contributed by atoms with E-state index >= 15 is 0 Å². The second-order valence-corrected chi connectivity index (χ2v) is 5.60. The average molecular weight is 298 g/mol. The summed E-state index contributed by atoms with van der Waals surface area (Å²) in [5, 5.41) is 16.6. The maximum absolute atomic E-state index is 11.6. The summed E-state index contributed by atoms with van der Waals surface area (Å²) in [5.74, 6) is 2.27. The van der Waals surface area contributed by atoms with Crippen LogP contribution in [0.25, 0.3) is 0 Å². The fraction of sp³-hybridized carbons (Fsp3) is 0.500. The zero-order valence-electron chi connectivity index (χ0n) is 10.4. The van der Waals surface area contributed by atoms with Gasteiger partial charge in [-0.15, -0.1) is 16.4 Å². The molecule has 0 radical (unpaired) electrons. The smallest absolute Gasteiger partial charge is 0.226 e. The van der Waals surface area contributed by atoms with E-state index < -0.39 is 0 Å². The lowest BCUT2D eigenvalue weighted by atomic mass is 10.5. The number of hydrogen-bond donors (Lipinski definition) is 1. The Morgan fingerprint density at radius 3 is 3.21 bits per heavy atom. The van der Waals surface area contributed by atoms with Crippen LogP contribution >= 0.6 is 23.1 Å². The highest BCUT2D eigenvalue weighted by Gasteiger charge is 2.06. The van der Waals surface area contributed by atoms with E-state index in [9.17, 15) is 4.79 Å². The molecule has 0 fully saturated rings. The number of aryl methyl sites for hydroxylation is 1. The van der Waals surface area contributed by atoms with E-state index in [2.05, 4.69) is 25.8 Å². The second kappa shape index (κ2) is 7.19. The lowest BCUT2D eigenvalue weighted by Gasteiger charge is -2.02. The Morgan fingerprint density at radius 1 is 1.58 bits per heavy atom. The molecule has 102 valence electrons. The number of hydrogen-bond acceptors (Lipinski definition) is 7. The van der Waals surface area contributed by atoms with Crippen LogP contribution in [0.4, 0.5) is 5.13 Å². The molecule has 2 aromatic rings. The molecule has 0 saturated heterocycles. The van der Waals surface area contributed by atoms with Crippen LogP contribution in [0.15, 0.2) is 11.6 Å². The molecule has 1 N–H and O–H groups in total. The average Bonchev–Trinajstić information content (AvgIpc) is 3.05. The zero-order valence-corrected chi connectivity index (χ0v) is 12.1. The van der Waals surface area contributed by atoms with Crippen molar-refractivity contribution in [2.75, 3.05) is 11.1 Å². The maximum Gasteiger partial charge on any atom is 0.226 e. The standard InChI is InChI=1S/C10H14N6OS2/c1-2-16-8(13-14-15-16)7-18-5-3-9(17)12-10-11-4-6-19-10/h4,6H,2-3,5,7H2,1H3,(H,11,12,17). The van der Waals surface area contributed by atoms with Crippen LogP contribution in [0, 0.1) is 0 Å². The van der Waals surface area contributed by atoms with E-state index in [-0.39, 0.29) is 5.91 Å². The molecule has 0 unspecified atom stereocenters. The van der Waals surface area contributed by atoms with Crippen LogP contribution in [0.5, 0.6) is 0 Å². The van der Waals surface area contributed by atoms with Gasteiger partial charge < -0.3 is 5.32 Å². The minimum atomic E-state index is -0.0162. The topological polar surface area (TPSA) is 85.6 Å². The molecule has 0 aliphatic heterocycles. The number of rotatable bonds is 7. The number of nitrogens with one attached hydrogen (secondary N) is 1. The number of aromatic nitrogens is 5. The molecule has 0 aliphatic carbocycles. The Hall–Kier alpha value is -1.48. The SMILES string of the molecule is CCn1nnnc1CSCCC(=O)Nc1nccs1. The summed E-state index contributed by atoms with van der Waals surface area (Å²) in [6.45, 7) is 2.75. The van der Waals surface area contributed by atoms with E-state index in [4.69, 9.17) is 0 Å². The maximum atomic E-state index is 11.6. The van der Waals surface area contributed by atoms with E-state index in [0.29, 0.717) is 17.3 Å². The minimum absolute atomic E-state index is 0.0162. The Balaban J connectivity index is 1.65. The molecule has 2 aromatic heterocycles. The van der Waals surface area contributed by atoms with Gasteiger partial charge in [-0.3, -0.25) is 4.79 Å². The number of carbonyl (C=O) groups excluding carboxylic acids is 1. The first-order valence-electron chi connectivity index (χ1n) is 5.81. The fourth-order valence-corrected chi connectivity index (χ4v) is 2.78. The fourth-order valence-electron chi connectivity index (χ4n) is 1.37. The number of tetrazole rings is 1. The number of thiazole rings is 1. The third-order valence-electron chi connectivity index (χ3n) is 2.29. The van der Waals surface area contributed by atoms with Gasteiger partial charge in [0.05, 0.1) is 5.75 Å². The first-order valence-corrected chi connectivity index (χ1v) is 7.85. The molecule has 19 heavy (non-hydrogen) atoms. The van der Waals surface area contributed by atoms with E-state index in [1.807, 2.05) is 12.3 Å². The van der Waals surface area contributed by atoms with Gasteiger partial charge in [0.1, 0.15) is 0 Å². The molecule has 9 heteroatoms. The van der Waals surface area contributed by atoms with Crippen molar-refractivity contribution in [2.24, 2.45) is 0 Å². The van der Waals surface area contributed by atoms with Crippen molar-refractivity contribution in [3.8, 4) is 0 Å². The molecule has 2 heterocycles. The molecular formula is C10H14N6OS2. The van der Waals surface area contributed by atoms with Crippen molar-refractivity contribution in [1.82, 2.24) is 25.2 Å². The Labute approximate surface area is 118 Å². The first kappa shape index (κ1) is 13.9. The van der Waals surface area contributed by atoms with E-state index in [1.165, 1.54) is 11.3 Å². The quantitative estimate of drug-likeness (QED) is 0.778. The Kier molecular flexibility index (Phi) is 5.28. The molecule has 0 atom stereocenters. The zero-order chi connectivity index (χ0) is 13.5. The van der Waals surface area contributed by atoms with Crippen molar-refractivity contribution >= 4 is 34.1 Å². The van der Waals surface area contributed by atoms with Crippen molar-refractivity contribution in [1.29, 1.82) is 0 Å². The van der Waals surface area contributed by atoms with Crippen molar-refractivity contribution in [3.63, 3.8) is 0 Å². The number of nitrogens with zero attached hydrogens (tertiary/aromatic N) is 5. The third-order valence-corrected chi connectivity index (χ3v) is 3.93. The van der Waals surface area contributed by atoms with Gasteiger partial charge in [0.25, 0.3) is 0 Å². The van der Waals surface area contributed by atoms with Crippen LogP contribution in [-0.2, 0) is 17.1 Å². The summed E-state index contributed by atoms with van der Waals surface area (Å²) in [7, 11) is 0. The molecule has 0 aromatic carbocycles.